The van der Waals surface area contributed by atoms with Crippen LogP contribution in [-0.4, -0.2) is 9.97 Å². The third kappa shape index (κ3) is 3.26. The summed E-state index contributed by atoms with van der Waals surface area (Å²) < 4.78 is 6.51. The highest BCUT2D eigenvalue weighted by Gasteiger charge is 2.16. The molecule has 41 heavy (non-hydrogen) atoms. The van der Waals surface area contributed by atoms with E-state index in [1.807, 2.05) is 6.20 Å². The van der Waals surface area contributed by atoms with Crippen LogP contribution in [-0.2, 0) is 0 Å². The van der Waals surface area contributed by atoms with Crippen LogP contribution in [0, 0.1) is 0 Å². The third-order valence-electron chi connectivity index (χ3n) is 8.28. The summed E-state index contributed by atoms with van der Waals surface area (Å²) in [7, 11) is 0. The van der Waals surface area contributed by atoms with E-state index >= 15 is 0 Å². The SMILES string of the molecule is c1cc(-c2cnc3c4ccccc4c4ccccc4c3n2)cc(-c2cccc3c2oc2ccc4ccccc4c23)c1. The van der Waals surface area contributed by atoms with Gasteiger partial charge in [0.15, 0.2) is 0 Å². The first kappa shape index (κ1) is 22.3. The lowest BCUT2D eigenvalue weighted by Gasteiger charge is -2.11. The second kappa shape index (κ2) is 8.48. The van der Waals surface area contributed by atoms with Crippen LogP contribution in [0.2, 0.25) is 0 Å². The first-order valence-corrected chi connectivity index (χ1v) is 13.8. The van der Waals surface area contributed by atoms with Crippen LogP contribution in [0.25, 0.3) is 87.7 Å². The molecule has 0 saturated heterocycles. The zero-order chi connectivity index (χ0) is 26.9. The van der Waals surface area contributed by atoms with Gasteiger partial charge in [-0.2, -0.15) is 0 Å². The monoisotopic (exact) mass is 522 g/mol. The van der Waals surface area contributed by atoms with Crippen LogP contribution >= 0.6 is 0 Å². The lowest BCUT2D eigenvalue weighted by Crippen LogP contribution is -1.92. The van der Waals surface area contributed by atoms with Crippen molar-refractivity contribution in [2.45, 2.75) is 0 Å². The number of hydrogen-bond donors (Lipinski definition) is 0. The van der Waals surface area contributed by atoms with Crippen molar-refractivity contribution < 1.29 is 4.42 Å². The largest absolute Gasteiger partial charge is 0.455 e. The lowest BCUT2D eigenvalue weighted by atomic mass is 9.98. The van der Waals surface area contributed by atoms with Gasteiger partial charge in [0.2, 0.25) is 0 Å². The fourth-order valence-electron chi connectivity index (χ4n) is 6.40. The van der Waals surface area contributed by atoms with E-state index in [1.165, 1.54) is 21.5 Å². The molecule has 9 rings (SSSR count). The Balaban J connectivity index is 1.25. The molecule has 0 unspecified atom stereocenters. The zero-order valence-electron chi connectivity index (χ0n) is 22.0. The van der Waals surface area contributed by atoms with Crippen LogP contribution in [0.1, 0.15) is 0 Å². The van der Waals surface area contributed by atoms with Gasteiger partial charge < -0.3 is 4.42 Å². The molecule has 3 heteroatoms. The van der Waals surface area contributed by atoms with Gasteiger partial charge in [0.25, 0.3) is 0 Å². The predicted octanol–water partition coefficient (Wildman–Crippen LogP) is 10.3. The van der Waals surface area contributed by atoms with Gasteiger partial charge in [-0.25, -0.2) is 4.98 Å². The summed E-state index contributed by atoms with van der Waals surface area (Å²) in [6.45, 7) is 0. The molecular weight excluding hydrogens is 500 g/mol. The van der Waals surface area contributed by atoms with Crippen molar-refractivity contribution >= 4 is 65.3 Å². The summed E-state index contributed by atoms with van der Waals surface area (Å²) in [6.07, 6.45) is 1.90. The smallest absolute Gasteiger partial charge is 0.143 e. The van der Waals surface area contributed by atoms with Crippen molar-refractivity contribution in [2.75, 3.05) is 0 Å². The van der Waals surface area contributed by atoms with E-state index in [9.17, 15) is 0 Å². The molecule has 0 radical (unpaired) electrons. The molecule has 0 amide bonds. The highest BCUT2D eigenvalue weighted by molar-refractivity contribution is 6.23. The van der Waals surface area contributed by atoms with Crippen LogP contribution in [0.3, 0.4) is 0 Å². The van der Waals surface area contributed by atoms with E-state index in [0.717, 1.165) is 66.1 Å². The molecule has 0 bridgehead atoms. The highest BCUT2D eigenvalue weighted by atomic mass is 16.3. The Bertz CT molecular complexity index is 2450. The molecule has 0 N–H and O–H groups in total. The first-order valence-electron chi connectivity index (χ1n) is 13.8. The molecule has 0 spiro atoms. The van der Waals surface area contributed by atoms with E-state index in [1.54, 1.807) is 0 Å². The van der Waals surface area contributed by atoms with Gasteiger partial charge in [0.05, 0.1) is 22.9 Å². The summed E-state index contributed by atoms with van der Waals surface area (Å²) in [5.41, 5.74) is 7.68. The molecule has 2 heterocycles. The minimum atomic E-state index is 0.850. The number of fused-ring (bicyclic) bond motifs is 11. The summed E-state index contributed by atoms with van der Waals surface area (Å²) in [5, 5.41) is 9.35. The van der Waals surface area contributed by atoms with Gasteiger partial charge in [-0.1, -0.05) is 115 Å². The van der Waals surface area contributed by atoms with E-state index in [-0.39, 0.29) is 0 Å². The van der Waals surface area contributed by atoms with Gasteiger partial charge in [0.1, 0.15) is 11.2 Å². The molecule has 0 aliphatic carbocycles. The van der Waals surface area contributed by atoms with Gasteiger partial charge in [-0.15, -0.1) is 0 Å². The molecule has 0 fully saturated rings. The molecular formula is C38H22N2O. The standard InChI is InChI=1S/C38H22N2O/c1-2-12-26-23(9-1)19-20-34-35(26)32-18-8-17-27(38(32)41-34)24-10-7-11-25(21-24)33-22-39-36-30-15-5-3-13-28(30)29-14-4-6-16-31(29)37(36)40-33/h1-22H. The minimum absolute atomic E-state index is 0.850. The number of aromatic nitrogens is 2. The number of rotatable bonds is 2. The fraction of sp³-hybridized carbons (Fsp3) is 0. The number of benzene rings is 7. The van der Waals surface area contributed by atoms with Crippen molar-refractivity contribution in [1.82, 2.24) is 9.97 Å². The molecule has 0 atom stereocenters. The molecule has 190 valence electrons. The zero-order valence-corrected chi connectivity index (χ0v) is 22.0. The number of furan rings is 1. The maximum absolute atomic E-state index is 6.51. The van der Waals surface area contributed by atoms with Gasteiger partial charge in [-0.05, 0) is 39.2 Å². The lowest BCUT2D eigenvalue weighted by molar-refractivity contribution is 0.670. The average molecular weight is 523 g/mol. The number of nitrogens with zero attached hydrogens (tertiary/aromatic N) is 2. The molecule has 3 nitrogen and oxygen atoms in total. The summed E-state index contributed by atoms with van der Waals surface area (Å²) in [4.78, 5) is 10.2. The molecule has 0 saturated carbocycles. The fourth-order valence-corrected chi connectivity index (χ4v) is 6.40. The van der Waals surface area contributed by atoms with E-state index in [0.29, 0.717) is 0 Å². The maximum atomic E-state index is 6.51. The molecule has 7 aromatic carbocycles. The van der Waals surface area contributed by atoms with E-state index in [4.69, 9.17) is 14.4 Å². The maximum Gasteiger partial charge on any atom is 0.143 e. The third-order valence-corrected chi connectivity index (χ3v) is 8.28. The molecule has 9 aromatic rings. The van der Waals surface area contributed by atoms with Crippen LogP contribution in [0.15, 0.2) is 138 Å². The molecule has 2 aromatic heterocycles. The van der Waals surface area contributed by atoms with Gasteiger partial charge >= 0.3 is 0 Å². The van der Waals surface area contributed by atoms with Crippen LogP contribution in [0.5, 0.6) is 0 Å². The Morgan fingerprint density at radius 3 is 1.98 bits per heavy atom. The summed E-state index contributed by atoms with van der Waals surface area (Å²) >= 11 is 0. The Morgan fingerprint density at radius 2 is 1.15 bits per heavy atom. The molecule has 0 aliphatic heterocycles. The Kier molecular flexibility index (Phi) is 4.61. The topological polar surface area (TPSA) is 38.9 Å². The average Bonchev–Trinajstić information content (AvgIpc) is 3.44. The van der Waals surface area contributed by atoms with Crippen LogP contribution in [0.4, 0.5) is 0 Å². The Labute approximate surface area is 235 Å². The first-order chi connectivity index (χ1) is 20.3. The van der Waals surface area contributed by atoms with E-state index in [2.05, 4.69) is 127 Å². The second-order valence-corrected chi connectivity index (χ2v) is 10.6. The highest BCUT2D eigenvalue weighted by Crippen LogP contribution is 2.40. The molecule has 0 aliphatic rings. The van der Waals surface area contributed by atoms with E-state index < -0.39 is 0 Å². The van der Waals surface area contributed by atoms with Crippen LogP contribution < -0.4 is 0 Å². The quantitative estimate of drug-likeness (QED) is 0.212. The van der Waals surface area contributed by atoms with Crippen molar-refractivity contribution in [1.29, 1.82) is 0 Å². The second-order valence-electron chi connectivity index (χ2n) is 10.6. The van der Waals surface area contributed by atoms with Crippen molar-refractivity contribution in [3.8, 4) is 22.4 Å². The Hall–Kier alpha value is -5.54. The Morgan fingerprint density at radius 1 is 0.488 bits per heavy atom. The number of hydrogen-bond acceptors (Lipinski definition) is 3. The number of para-hydroxylation sites is 1. The van der Waals surface area contributed by atoms with Gasteiger partial charge in [0, 0.05) is 32.7 Å². The van der Waals surface area contributed by atoms with Crippen molar-refractivity contribution in [3.05, 3.63) is 134 Å². The normalized spacial score (nSPS) is 11.9. The summed E-state index contributed by atoms with van der Waals surface area (Å²) in [6, 6.07) is 44.6. The predicted molar refractivity (Wildman–Crippen MR) is 170 cm³/mol. The van der Waals surface area contributed by atoms with Crippen molar-refractivity contribution in [2.24, 2.45) is 0 Å². The van der Waals surface area contributed by atoms with Gasteiger partial charge in [-0.3, -0.25) is 4.98 Å². The van der Waals surface area contributed by atoms with Crippen molar-refractivity contribution in [3.63, 3.8) is 0 Å². The summed E-state index contributed by atoms with van der Waals surface area (Å²) in [5.74, 6) is 0. The minimum Gasteiger partial charge on any atom is -0.455 e.